The Bertz CT molecular complexity index is 889. The number of amides is 1. The molecular formula is C19H17BrN2OS2. The normalized spacial score (nSPS) is 16.1. The summed E-state index contributed by atoms with van der Waals surface area (Å²) < 4.78 is 2.33. The summed E-state index contributed by atoms with van der Waals surface area (Å²) in [7, 11) is 0. The van der Waals surface area contributed by atoms with Gasteiger partial charge < -0.3 is 4.90 Å². The monoisotopic (exact) mass is 432 g/mol. The van der Waals surface area contributed by atoms with Gasteiger partial charge in [-0.05, 0) is 59.1 Å². The number of para-hydroxylation sites is 1. The molecule has 1 aromatic carbocycles. The van der Waals surface area contributed by atoms with E-state index in [1.807, 2.05) is 29.2 Å². The third kappa shape index (κ3) is 3.86. The molecule has 0 atom stereocenters. The van der Waals surface area contributed by atoms with Gasteiger partial charge in [0.05, 0.1) is 19.0 Å². The van der Waals surface area contributed by atoms with E-state index in [2.05, 4.69) is 34.1 Å². The molecule has 25 heavy (non-hydrogen) atoms. The van der Waals surface area contributed by atoms with Crippen LogP contribution in [0.3, 0.4) is 0 Å². The number of carbonyl (C=O) groups is 1. The van der Waals surface area contributed by atoms with Crippen molar-refractivity contribution in [1.29, 1.82) is 0 Å². The molecule has 0 N–H and O–H groups in total. The van der Waals surface area contributed by atoms with Crippen LogP contribution in [-0.2, 0) is 4.79 Å². The molecule has 0 unspecified atom stereocenters. The molecule has 0 saturated carbocycles. The Balaban J connectivity index is 1.37. The van der Waals surface area contributed by atoms with Crippen molar-refractivity contribution in [3.63, 3.8) is 0 Å². The zero-order valence-electron chi connectivity index (χ0n) is 13.5. The van der Waals surface area contributed by atoms with Crippen LogP contribution in [-0.4, -0.2) is 28.9 Å². The second-order valence-electron chi connectivity index (χ2n) is 6.09. The minimum Gasteiger partial charge on any atom is -0.339 e. The van der Waals surface area contributed by atoms with Crippen molar-refractivity contribution in [3.8, 4) is 0 Å². The molecule has 128 valence electrons. The third-order valence-corrected chi connectivity index (χ3v) is 7.24. The lowest BCUT2D eigenvalue weighted by molar-refractivity contribution is -0.126. The van der Waals surface area contributed by atoms with Crippen molar-refractivity contribution in [2.75, 3.05) is 13.1 Å². The van der Waals surface area contributed by atoms with Gasteiger partial charge in [-0.3, -0.25) is 4.79 Å². The van der Waals surface area contributed by atoms with Gasteiger partial charge in [0.2, 0.25) is 5.91 Å². The molecule has 0 aliphatic carbocycles. The van der Waals surface area contributed by atoms with E-state index in [-0.39, 0.29) is 5.91 Å². The van der Waals surface area contributed by atoms with Gasteiger partial charge in [0, 0.05) is 30.0 Å². The molecule has 4 rings (SSSR count). The summed E-state index contributed by atoms with van der Waals surface area (Å²) in [6.07, 6.45) is 5.57. The summed E-state index contributed by atoms with van der Waals surface area (Å²) >= 11 is 6.86. The smallest absolute Gasteiger partial charge is 0.246 e. The Morgan fingerprint density at radius 1 is 1.16 bits per heavy atom. The summed E-state index contributed by atoms with van der Waals surface area (Å²) in [5.74, 6) is 0.575. The molecule has 1 aliphatic rings. The number of nitrogens with zero attached hydrogens (tertiary/aromatic N) is 2. The number of benzene rings is 1. The van der Waals surface area contributed by atoms with Crippen molar-refractivity contribution in [2.24, 2.45) is 0 Å². The van der Waals surface area contributed by atoms with Gasteiger partial charge in [0.15, 0.2) is 0 Å². The molecule has 1 amide bonds. The number of thiophene rings is 1. The van der Waals surface area contributed by atoms with Crippen molar-refractivity contribution >= 4 is 60.8 Å². The van der Waals surface area contributed by atoms with Crippen LogP contribution >= 0.6 is 38.6 Å². The maximum Gasteiger partial charge on any atom is 0.246 e. The van der Waals surface area contributed by atoms with E-state index in [0.29, 0.717) is 5.92 Å². The standard InChI is InChI=1S/C19H17BrN2OS2/c20-17-7-5-14(24-17)6-8-18(23)22-11-9-13(10-12-22)19-21-15-3-1-2-4-16(15)25-19/h1-8,13H,9-12H2/b8-6+. The van der Waals surface area contributed by atoms with Crippen LogP contribution in [0.5, 0.6) is 0 Å². The van der Waals surface area contributed by atoms with Crippen LogP contribution in [0.15, 0.2) is 46.3 Å². The topological polar surface area (TPSA) is 33.2 Å². The van der Waals surface area contributed by atoms with Crippen LogP contribution in [0.4, 0.5) is 0 Å². The van der Waals surface area contributed by atoms with E-state index in [1.165, 1.54) is 9.71 Å². The second-order valence-corrected chi connectivity index (χ2v) is 9.65. The van der Waals surface area contributed by atoms with Crippen LogP contribution in [0, 0.1) is 0 Å². The number of rotatable bonds is 3. The lowest BCUT2D eigenvalue weighted by Crippen LogP contribution is -2.36. The maximum absolute atomic E-state index is 12.4. The van der Waals surface area contributed by atoms with Gasteiger partial charge in [-0.2, -0.15) is 0 Å². The molecule has 0 bridgehead atoms. The molecular weight excluding hydrogens is 416 g/mol. The number of halogens is 1. The molecule has 0 spiro atoms. The van der Waals surface area contributed by atoms with Crippen molar-refractivity contribution < 1.29 is 4.79 Å². The number of piperidine rings is 1. The third-order valence-electron chi connectivity index (χ3n) is 4.45. The highest BCUT2D eigenvalue weighted by molar-refractivity contribution is 9.11. The summed E-state index contributed by atoms with van der Waals surface area (Å²) in [5.41, 5.74) is 1.09. The highest BCUT2D eigenvalue weighted by Gasteiger charge is 2.25. The number of fused-ring (bicyclic) bond motifs is 1. The Kier molecular flexibility index (Phi) is 5.01. The number of aromatic nitrogens is 1. The molecule has 6 heteroatoms. The number of hydrogen-bond acceptors (Lipinski definition) is 4. The van der Waals surface area contributed by atoms with Crippen LogP contribution in [0.25, 0.3) is 16.3 Å². The molecule has 3 nitrogen and oxygen atoms in total. The van der Waals surface area contributed by atoms with Crippen LogP contribution in [0.2, 0.25) is 0 Å². The Morgan fingerprint density at radius 3 is 2.68 bits per heavy atom. The predicted molar refractivity (Wildman–Crippen MR) is 109 cm³/mol. The Hall–Kier alpha value is -1.50. The highest BCUT2D eigenvalue weighted by Crippen LogP contribution is 2.33. The van der Waals surface area contributed by atoms with Gasteiger partial charge in [-0.15, -0.1) is 22.7 Å². The molecule has 1 fully saturated rings. The minimum atomic E-state index is 0.104. The molecule has 1 saturated heterocycles. The van der Waals surface area contributed by atoms with Gasteiger partial charge in [0.1, 0.15) is 0 Å². The summed E-state index contributed by atoms with van der Waals surface area (Å²) in [5, 5.41) is 1.22. The summed E-state index contributed by atoms with van der Waals surface area (Å²) in [6.45, 7) is 1.61. The molecule has 2 aromatic heterocycles. The number of hydrogen-bond donors (Lipinski definition) is 0. The molecule has 3 heterocycles. The average molecular weight is 433 g/mol. The first-order chi connectivity index (χ1) is 12.2. The van der Waals surface area contributed by atoms with Crippen LogP contribution < -0.4 is 0 Å². The van der Waals surface area contributed by atoms with Crippen molar-refractivity contribution in [2.45, 2.75) is 18.8 Å². The van der Waals surface area contributed by atoms with Gasteiger partial charge in [-0.1, -0.05) is 12.1 Å². The first-order valence-corrected chi connectivity index (χ1v) is 10.7. The van der Waals surface area contributed by atoms with E-state index in [4.69, 9.17) is 4.98 Å². The Morgan fingerprint density at radius 2 is 1.96 bits per heavy atom. The van der Waals surface area contributed by atoms with E-state index in [1.54, 1.807) is 28.7 Å². The molecule has 3 aromatic rings. The lowest BCUT2D eigenvalue weighted by atomic mass is 9.97. The predicted octanol–water partition coefficient (Wildman–Crippen LogP) is 5.54. The lowest BCUT2D eigenvalue weighted by Gasteiger charge is -2.30. The summed E-state index contributed by atoms with van der Waals surface area (Å²) in [6, 6.07) is 12.3. The number of thiazole rings is 1. The second kappa shape index (κ2) is 7.40. The van der Waals surface area contributed by atoms with Gasteiger partial charge in [0.25, 0.3) is 0 Å². The van der Waals surface area contributed by atoms with Gasteiger partial charge in [-0.25, -0.2) is 4.98 Å². The highest BCUT2D eigenvalue weighted by atomic mass is 79.9. The number of likely N-dealkylation sites (tertiary alicyclic amines) is 1. The van der Waals surface area contributed by atoms with Crippen molar-refractivity contribution in [1.82, 2.24) is 9.88 Å². The van der Waals surface area contributed by atoms with Crippen LogP contribution in [0.1, 0.15) is 28.6 Å². The fourth-order valence-electron chi connectivity index (χ4n) is 3.09. The quantitative estimate of drug-likeness (QED) is 0.508. The summed E-state index contributed by atoms with van der Waals surface area (Å²) in [4.78, 5) is 20.2. The van der Waals surface area contributed by atoms with Crippen molar-refractivity contribution in [3.05, 3.63) is 56.1 Å². The zero-order chi connectivity index (χ0) is 17.2. The molecule has 0 radical (unpaired) electrons. The maximum atomic E-state index is 12.4. The van der Waals surface area contributed by atoms with E-state index in [0.717, 1.165) is 40.1 Å². The van der Waals surface area contributed by atoms with E-state index >= 15 is 0 Å². The first kappa shape index (κ1) is 16.9. The SMILES string of the molecule is O=C(/C=C/c1ccc(Br)s1)N1CCC(c2nc3ccccc3s2)CC1. The van der Waals surface area contributed by atoms with Gasteiger partial charge >= 0.3 is 0 Å². The molecule has 1 aliphatic heterocycles. The minimum absolute atomic E-state index is 0.104. The zero-order valence-corrected chi connectivity index (χ0v) is 16.7. The van der Waals surface area contributed by atoms with E-state index in [9.17, 15) is 4.79 Å². The first-order valence-electron chi connectivity index (χ1n) is 8.27. The fraction of sp³-hybridized carbons (Fsp3) is 0.263. The van der Waals surface area contributed by atoms with E-state index < -0.39 is 0 Å². The largest absolute Gasteiger partial charge is 0.339 e. The average Bonchev–Trinajstić information content (AvgIpc) is 3.25. The number of carbonyl (C=O) groups excluding carboxylic acids is 1. The Labute approximate surface area is 163 Å². The fourth-order valence-corrected chi connectivity index (χ4v) is 5.55.